The molecule has 140 valence electrons. The molecule has 1 aliphatic rings. The van der Waals surface area contributed by atoms with Gasteiger partial charge in [-0.2, -0.15) is 0 Å². The first-order valence-corrected chi connectivity index (χ1v) is 9.69. The number of H-pyrrole nitrogens is 1. The van der Waals surface area contributed by atoms with Gasteiger partial charge in [0.25, 0.3) is 5.91 Å². The summed E-state index contributed by atoms with van der Waals surface area (Å²) in [4.78, 5) is 39.5. The highest BCUT2D eigenvalue weighted by Crippen LogP contribution is 2.30. The molecule has 7 nitrogen and oxygen atoms in total. The number of aromatic carboxylic acids is 1. The zero-order chi connectivity index (χ0) is 19.0. The monoisotopic (exact) mass is 385 g/mol. The van der Waals surface area contributed by atoms with E-state index in [1.54, 1.807) is 18.2 Å². The van der Waals surface area contributed by atoms with Crippen molar-refractivity contribution in [2.45, 2.75) is 38.3 Å². The summed E-state index contributed by atoms with van der Waals surface area (Å²) in [7, 11) is 0. The van der Waals surface area contributed by atoms with E-state index in [0.29, 0.717) is 11.1 Å². The van der Waals surface area contributed by atoms with E-state index in [-0.39, 0.29) is 29.1 Å². The highest BCUT2D eigenvalue weighted by atomic mass is 32.1. The van der Waals surface area contributed by atoms with Gasteiger partial charge in [0.1, 0.15) is 4.88 Å². The average Bonchev–Trinajstić information content (AvgIpc) is 3.37. The van der Waals surface area contributed by atoms with Crippen LogP contribution in [-0.4, -0.2) is 26.5 Å². The fourth-order valence-electron chi connectivity index (χ4n) is 3.65. The molecule has 27 heavy (non-hydrogen) atoms. The Morgan fingerprint density at radius 2 is 2.00 bits per heavy atom. The number of carboxylic acids is 1. The largest absolute Gasteiger partial charge is 0.477 e. The van der Waals surface area contributed by atoms with E-state index in [1.807, 2.05) is 10.6 Å². The number of imidazole rings is 1. The zero-order valence-corrected chi connectivity index (χ0v) is 15.3. The summed E-state index contributed by atoms with van der Waals surface area (Å²) in [5.74, 6) is -1.24. The molecule has 2 heterocycles. The summed E-state index contributed by atoms with van der Waals surface area (Å²) in [6, 6.07) is 8.66. The second-order valence-electron chi connectivity index (χ2n) is 6.72. The van der Waals surface area contributed by atoms with Crippen LogP contribution in [0.3, 0.4) is 0 Å². The molecule has 1 amide bonds. The SMILES string of the molecule is O=C(NCc1ccc(C(=O)O)s1)c1ccc2c(c1)[nH]c(=O)n2C1CCCC1. The van der Waals surface area contributed by atoms with Gasteiger partial charge in [0, 0.05) is 16.5 Å². The van der Waals surface area contributed by atoms with Crippen molar-refractivity contribution in [2.75, 3.05) is 0 Å². The second kappa shape index (κ2) is 7.03. The summed E-state index contributed by atoms with van der Waals surface area (Å²) in [5.41, 5.74) is 1.81. The van der Waals surface area contributed by atoms with Crippen LogP contribution in [0.4, 0.5) is 0 Å². The molecule has 1 aromatic carbocycles. The molecule has 0 saturated heterocycles. The Labute approximate surface area is 158 Å². The number of carbonyl (C=O) groups excluding carboxylic acids is 1. The minimum atomic E-state index is -0.973. The van der Waals surface area contributed by atoms with Crippen LogP contribution in [0.2, 0.25) is 0 Å². The van der Waals surface area contributed by atoms with E-state index < -0.39 is 5.97 Å². The van der Waals surface area contributed by atoms with Crippen molar-refractivity contribution in [3.8, 4) is 0 Å². The number of hydrogen-bond acceptors (Lipinski definition) is 4. The fraction of sp³-hybridized carbons (Fsp3) is 0.316. The van der Waals surface area contributed by atoms with Crippen molar-refractivity contribution in [3.63, 3.8) is 0 Å². The van der Waals surface area contributed by atoms with Crippen molar-refractivity contribution in [1.29, 1.82) is 0 Å². The molecule has 0 spiro atoms. The van der Waals surface area contributed by atoms with Crippen LogP contribution in [0.1, 0.15) is 56.6 Å². The van der Waals surface area contributed by atoms with E-state index in [9.17, 15) is 14.4 Å². The number of thiophene rings is 1. The van der Waals surface area contributed by atoms with Crippen LogP contribution in [-0.2, 0) is 6.54 Å². The van der Waals surface area contributed by atoms with E-state index in [4.69, 9.17) is 5.11 Å². The van der Waals surface area contributed by atoms with Gasteiger partial charge in [-0.15, -0.1) is 11.3 Å². The Hall–Kier alpha value is -2.87. The van der Waals surface area contributed by atoms with Gasteiger partial charge in [0.05, 0.1) is 17.6 Å². The van der Waals surface area contributed by atoms with Crippen LogP contribution < -0.4 is 11.0 Å². The normalized spacial score (nSPS) is 14.7. The molecule has 8 heteroatoms. The Bertz CT molecular complexity index is 1070. The summed E-state index contributed by atoms with van der Waals surface area (Å²) in [6.45, 7) is 0.258. The summed E-state index contributed by atoms with van der Waals surface area (Å²) < 4.78 is 1.81. The predicted molar refractivity (Wildman–Crippen MR) is 103 cm³/mol. The number of rotatable bonds is 5. The molecule has 4 rings (SSSR count). The maximum Gasteiger partial charge on any atom is 0.345 e. The fourth-order valence-corrected chi connectivity index (χ4v) is 4.44. The minimum absolute atomic E-state index is 0.130. The van der Waals surface area contributed by atoms with Gasteiger partial charge in [0.15, 0.2) is 0 Å². The lowest BCUT2D eigenvalue weighted by molar-refractivity contribution is 0.0702. The number of benzene rings is 1. The Kier molecular flexibility index (Phi) is 4.57. The predicted octanol–water partition coefficient (Wildman–Crippen LogP) is 3.13. The number of hydrogen-bond donors (Lipinski definition) is 3. The van der Waals surface area contributed by atoms with Crippen LogP contribution in [0, 0.1) is 0 Å². The smallest absolute Gasteiger partial charge is 0.345 e. The quantitative estimate of drug-likeness (QED) is 0.627. The van der Waals surface area contributed by atoms with Crippen LogP contribution >= 0.6 is 11.3 Å². The van der Waals surface area contributed by atoms with Crippen molar-refractivity contribution < 1.29 is 14.7 Å². The first kappa shape index (κ1) is 17.5. The first-order valence-electron chi connectivity index (χ1n) is 8.87. The van der Waals surface area contributed by atoms with Crippen LogP contribution in [0.5, 0.6) is 0 Å². The summed E-state index contributed by atoms with van der Waals surface area (Å²) >= 11 is 1.13. The third-order valence-corrected chi connectivity index (χ3v) is 6.04. The third kappa shape index (κ3) is 3.40. The molecule has 1 fully saturated rings. The molecule has 0 atom stereocenters. The van der Waals surface area contributed by atoms with Gasteiger partial charge in [0.2, 0.25) is 0 Å². The molecule has 0 aliphatic heterocycles. The molecule has 0 bridgehead atoms. The van der Waals surface area contributed by atoms with Gasteiger partial charge < -0.3 is 15.4 Å². The molecule has 3 aromatic rings. The molecule has 0 unspecified atom stereocenters. The second-order valence-corrected chi connectivity index (χ2v) is 7.89. The molecule has 1 aliphatic carbocycles. The molecular formula is C19H19N3O4S. The number of fused-ring (bicyclic) bond motifs is 1. The van der Waals surface area contributed by atoms with Gasteiger partial charge in [-0.25, -0.2) is 9.59 Å². The number of aromatic amines is 1. The number of nitrogens with zero attached hydrogens (tertiary/aromatic N) is 1. The lowest BCUT2D eigenvalue weighted by Crippen LogP contribution is -2.22. The molecule has 0 radical (unpaired) electrons. The number of nitrogens with one attached hydrogen (secondary N) is 2. The number of aromatic nitrogens is 2. The average molecular weight is 385 g/mol. The molecule has 3 N–H and O–H groups in total. The third-order valence-electron chi connectivity index (χ3n) is 4.96. The van der Waals surface area contributed by atoms with Crippen LogP contribution in [0.25, 0.3) is 11.0 Å². The molecule has 2 aromatic heterocycles. The standard InChI is InChI=1S/C19H19N3O4S/c23-17(20-10-13-6-8-16(27-13)18(24)25)11-5-7-15-14(9-11)21-19(26)22(15)12-3-1-2-4-12/h5-9,12H,1-4,10H2,(H,20,23)(H,21,26)(H,24,25). The molecular weight excluding hydrogens is 366 g/mol. The Balaban J connectivity index is 1.52. The van der Waals surface area contributed by atoms with E-state index >= 15 is 0 Å². The van der Waals surface area contributed by atoms with E-state index in [2.05, 4.69) is 10.3 Å². The summed E-state index contributed by atoms with van der Waals surface area (Å²) in [6.07, 6.45) is 4.29. The lowest BCUT2D eigenvalue weighted by atomic mass is 10.1. The van der Waals surface area contributed by atoms with Crippen LogP contribution in [0.15, 0.2) is 35.1 Å². The minimum Gasteiger partial charge on any atom is -0.477 e. The number of carbonyl (C=O) groups is 2. The van der Waals surface area contributed by atoms with E-state index in [1.165, 1.54) is 6.07 Å². The first-order chi connectivity index (χ1) is 13.0. The zero-order valence-electron chi connectivity index (χ0n) is 14.5. The van der Waals surface area contributed by atoms with Gasteiger partial charge in [-0.05, 0) is 43.2 Å². The molecule has 1 saturated carbocycles. The Morgan fingerprint density at radius 1 is 1.22 bits per heavy atom. The van der Waals surface area contributed by atoms with Gasteiger partial charge in [-0.3, -0.25) is 9.36 Å². The highest BCUT2D eigenvalue weighted by Gasteiger charge is 2.21. The maximum atomic E-state index is 12.4. The van der Waals surface area contributed by atoms with Gasteiger partial charge in [-0.1, -0.05) is 12.8 Å². The summed E-state index contributed by atoms with van der Waals surface area (Å²) in [5, 5.41) is 11.7. The maximum absolute atomic E-state index is 12.4. The van der Waals surface area contributed by atoms with Crippen molar-refractivity contribution in [3.05, 3.63) is 56.1 Å². The Morgan fingerprint density at radius 3 is 2.70 bits per heavy atom. The number of carboxylic acid groups (broad SMARTS) is 1. The van der Waals surface area contributed by atoms with Gasteiger partial charge >= 0.3 is 11.7 Å². The highest BCUT2D eigenvalue weighted by molar-refractivity contribution is 7.13. The van der Waals surface area contributed by atoms with Crippen molar-refractivity contribution in [2.24, 2.45) is 0 Å². The van der Waals surface area contributed by atoms with Crippen molar-refractivity contribution in [1.82, 2.24) is 14.9 Å². The van der Waals surface area contributed by atoms with E-state index in [0.717, 1.165) is 47.4 Å². The number of amides is 1. The topological polar surface area (TPSA) is 104 Å². The lowest BCUT2D eigenvalue weighted by Gasteiger charge is -2.11. The van der Waals surface area contributed by atoms with Crippen molar-refractivity contribution >= 4 is 34.2 Å².